The molecule has 0 N–H and O–H groups in total. The van der Waals surface area contributed by atoms with Gasteiger partial charge in [0.15, 0.2) is 6.61 Å². The van der Waals surface area contributed by atoms with Crippen molar-refractivity contribution in [2.24, 2.45) is 11.8 Å². The van der Waals surface area contributed by atoms with E-state index in [1.807, 2.05) is 0 Å². The molecule has 3 heterocycles. The summed E-state index contributed by atoms with van der Waals surface area (Å²) in [4.78, 5) is 17.0. The van der Waals surface area contributed by atoms with Crippen LogP contribution in [0.15, 0.2) is 18.2 Å². The van der Waals surface area contributed by atoms with Crippen LogP contribution in [0.3, 0.4) is 0 Å². The van der Waals surface area contributed by atoms with Gasteiger partial charge in [-0.1, -0.05) is 39.5 Å². The Hall–Kier alpha value is -1.62. The average molecular weight is 403 g/mol. The minimum absolute atomic E-state index is 0.00240. The van der Waals surface area contributed by atoms with Crippen molar-refractivity contribution in [3.63, 3.8) is 0 Å². The maximum absolute atomic E-state index is 13.5. The van der Waals surface area contributed by atoms with Crippen LogP contribution in [0.5, 0.6) is 5.75 Å². The number of amides is 1. The van der Waals surface area contributed by atoms with E-state index in [0.29, 0.717) is 23.9 Å². The first-order chi connectivity index (χ1) is 14.0. The Bertz CT molecular complexity index is 711. The first-order valence-corrected chi connectivity index (χ1v) is 11.5. The highest BCUT2D eigenvalue weighted by atomic mass is 19.1. The van der Waals surface area contributed by atoms with Crippen LogP contribution in [-0.4, -0.2) is 42.6 Å². The Labute approximate surface area is 174 Å². The van der Waals surface area contributed by atoms with E-state index >= 15 is 0 Å². The van der Waals surface area contributed by atoms with Crippen molar-refractivity contribution >= 4 is 11.6 Å². The summed E-state index contributed by atoms with van der Waals surface area (Å²) >= 11 is 0. The van der Waals surface area contributed by atoms with Crippen molar-refractivity contribution in [1.82, 2.24) is 4.90 Å². The lowest BCUT2D eigenvalue weighted by atomic mass is 9.86. The molecule has 2 saturated heterocycles. The number of nitrogens with zero attached hydrogens (tertiary/aromatic N) is 2. The van der Waals surface area contributed by atoms with Gasteiger partial charge in [-0.2, -0.15) is 0 Å². The zero-order valence-corrected chi connectivity index (χ0v) is 17.9. The third kappa shape index (κ3) is 4.60. The van der Waals surface area contributed by atoms with Gasteiger partial charge in [0.25, 0.3) is 5.91 Å². The van der Waals surface area contributed by atoms with Crippen molar-refractivity contribution in [2.75, 3.05) is 24.6 Å². The third-order valence-electron chi connectivity index (χ3n) is 7.08. The summed E-state index contributed by atoms with van der Waals surface area (Å²) in [6, 6.07) is 5.90. The molecule has 1 aromatic rings. The Morgan fingerprint density at radius 1 is 1.17 bits per heavy atom. The minimum Gasteiger partial charge on any atom is -0.481 e. The predicted octanol–water partition coefficient (Wildman–Crippen LogP) is 5.01. The molecular formula is C24H35FN2O2. The predicted molar refractivity (Wildman–Crippen MR) is 114 cm³/mol. The zero-order valence-electron chi connectivity index (χ0n) is 17.9. The smallest absolute Gasteiger partial charge is 0.265 e. The molecule has 2 bridgehead atoms. The topological polar surface area (TPSA) is 32.8 Å². The van der Waals surface area contributed by atoms with Crippen molar-refractivity contribution in [2.45, 2.75) is 77.3 Å². The molecule has 0 radical (unpaired) electrons. The second kappa shape index (κ2) is 9.03. The van der Waals surface area contributed by atoms with E-state index in [-0.39, 0.29) is 18.3 Å². The largest absolute Gasteiger partial charge is 0.481 e. The Morgan fingerprint density at radius 3 is 2.66 bits per heavy atom. The van der Waals surface area contributed by atoms with E-state index in [1.165, 1.54) is 63.5 Å². The summed E-state index contributed by atoms with van der Waals surface area (Å²) in [5, 5.41) is 0. The standard InChI is InChI=1S/C24H35FN2O2/c1-3-4-5-6-18-11-20-8-9-21(12-18)26(20)14-17(2)15-27-22-10-7-19(25)13-23(22)29-16-24(27)28/h7,10,13,17-18,20-21H,3-6,8-9,11-12,14-16H2,1-2H3/t17-,18?,20?,21?/m1/s1. The summed E-state index contributed by atoms with van der Waals surface area (Å²) < 4.78 is 19.0. The Morgan fingerprint density at radius 2 is 1.93 bits per heavy atom. The Balaban J connectivity index is 1.35. The summed E-state index contributed by atoms with van der Waals surface area (Å²) in [6.07, 6.45) is 10.8. The normalized spacial score (nSPS) is 27.6. The van der Waals surface area contributed by atoms with E-state index in [1.54, 1.807) is 11.0 Å². The molecule has 1 aromatic carbocycles. The monoisotopic (exact) mass is 402 g/mol. The van der Waals surface area contributed by atoms with Crippen molar-refractivity contribution in [3.05, 3.63) is 24.0 Å². The molecule has 4 nitrogen and oxygen atoms in total. The van der Waals surface area contributed by atoms with Gasteiger partial charge in [0.05, 0.1) is 5.69 Å². The van der Waals surface area contributed by atoms with E-state index in [4.69, 9.17) is 4.74 Å². The molecule has 2 fully saturated rings. The Kier molecular flexibility index (Phi) is 6.43. The molecule has 2 unspecified atom stereocenters. The molecule has 5 heteroatoms. The van der Waals surface area contributed by atoms with Gasteiger partial charge >= 0.3 is 0 Å². The highest BCUT2D eigenvalue weighted by Crippen LogP contribution is 2.41. The lowest BCUT2D eigenvalue weighted by Crippen LogP contribution is -2.48. The number of rotatable bonds is 8. The fourth-order valence-corrected chi connectivity index (χ4v) is 5.71. The number of benzene rings is 1. The fourth-order valence-electron chi connectivity index (χ4n) is 5.71. The summed E-state index contributed by atoms with van der Waals surface area (Å²) in [7, 11) is 0. The van der Waals surface area contributed by atoms with Gasteiger partial charge < -0.3 is 9.64 Å². The number of halogens is 1. The van der Waals surface area contributed by atoms with Crippen LogP contribution in [0.25, 0.3) is 0 Å². The molecule has 160 valence electrons. The molecule has 4 rings (SSSR count). The first kappa shape index (κ1) is 20.6. The summed E-state index contributed by atoms with van der Waals surface area (Å²) in [5.41, 5.74) is 0.701. The maximum atomic E-state index is 13.5. The highest BCUT2D eigenvalue weighted by Gasteiger charge is 2.41. The molecule has 3 aliphatic rings. The second-order valence-corrected chi connectivity index (χ2v) is 9.43. The minimum atomic E-state index is -0.329. The van der Waals surface area contributed by atoms with Gasteiger partial charge in [-0.25, -0.2) is 4.39 Å². The second-order valence-electron chi connectivity index (χ2n) is 9.43. The van der Waals surface area contributed by atoms with Gasteiger partial charge in [-0.05, 0) is 49.7 Å². The lowest BCUT2D eigenvalue weighted by Gasteiger charge is -2.41. The number of unbranched alkanes of at least 4 members (excludes halogenated alkanes) is 2. The van der Waals surface area contributed by atoms with Gasteiger partial charge in [0.2, 0.25) is 0 Å². The SMILES string of the molecule is CCCCCC1CC2CCC(C1)N2C[C@@H](C)CN1C(=O)COc2cc(F)ccc21. The maximum Gasteiger partial charge on any atom is 0.265 e. The van der Waals surface area contributed by atoms with Gasteiger partial charge in [0, 0.05) is 31.2 Å². The van der Waals surface area contributed by atoms with E-state index in [9.17, 15) is 9.18 Å². The van der Waals surface area contributed by atoms with Crippen molar-refractivity contribution in [1.29, 1.82) is 0 Å². The zero-order chi connectivity index (χ0) is 20.4. The van der Waals surface area contributed by atoms with Crippen molar-refractivity contribution < 1.29 is 13.9 Å². The van der Waals surface area contributed by atoms with Crippen LogP contribution < -0.4 is 9.64 Å². The molecule has 0 spiro atoms. The number of anilines is 1. The lowest BCUT2D eigenvalue weighted by molar-refractivity contribution is -0.121. The molecule has 3 atom stereocenters. The fraction of sp³-hybridized carbons (Fsp3) is 0.708. The molecular weight excluding hydrogens is 367 g/mol. The first-order valence-electron chi connectivity index (χ1n) is 11.5. The van der Waals surface area contributed by atoms with Gasteiger partial charge in [-0.3, -0.25) is 9.69 Å². The van der Waals surface area contributed by atoms with Gasteiger partial charge in [0.1, 0.15) is 11.6 Å². The van der Waals surface area contributed by atoms with E-state index in [0.717, 1.165) is 24.5 Å². The number of piperidine rings is 1. The molecule has 0 aromatic heterocycles. The average Bonchev–Trinajstić information content (AvgIpc) is 2.92. The number of ether oxygens (including phenoxy) is 1. The van der Waals surface area contributed by atoms with Crippen molar-refractivity contribution in [3.8, 4) is 5.75 Å². The molecule has 3 aliphatic heterocycles. The van der Waals surface area contributed by atoms with Crippen LogP contribution in [-0.2, 0) is 4.79 Å². The van der Waals surface area contributed by atoms with Gasteiger partial charge in [-0.15, -0.1) is 0 Å². The van der Waals surface area contributed by atoms with Crippen LogP contribution in [0.1, 0.15) is 65.2 Å². The van der Waals surface area contributed by atoms with Crippen LogP contribution in [0.4, 0.5) is 10.1 Å². The third-order valence-corrected chi connectivity index (χ3v) is 7.08. The van der Waals surface area contributed by atoms with E-state index in [2.05, 4.69) is 18.7 Å². The molecule has 0 aliphatic carbocycles. The number of carbonyl (C=O) groups is 1. The van der Waals surface area contributed by atoms with Crippen LogP contribution >= 0.6 is 0 Å². The molecule has 1 amide bonds. The number of hydrogen-bond donors (Lipinski definition) is 0. The molecule has 0 saturated carbocycles. The number of carbonyl (C=O) groups excluding carboxylic acids is 1. The number of hydrogen-bond acceptors (Lipinski definition) is 3. The van der Waals surface area contributed by atoms with E-state index < -0.39 is 0 Å². The molecule has 29 heavy (non-hydrogen) atoms. The van der Waals surface area contributed by atoms with Crippen LogP contribution in [0.2, 0.25) is 0 Å². The summed E-state index contributed by atoms with van der Waals surface area (Å²) in [6.45, 7) is 6.22. The number of fused-ring (bicyclic) bond motifs is 3. The summed E-state index contributed by atoms with van der Waals surface area (Å²) in [5.74, 6) is 1.39. The highest BCUT2D eigenvalue weighted by molar-refractivity contribution is 5.97. The van der Waals surface area contributed by atoms with Crippen LogP contribution in [0, 0.1) is 17.7 Å². The quantitative estimate of drug-likeness (QED) is 0.573.